The molecule has 0 unspecified atom stereocenters. The Morgan fingerprint density at radius 3 is 2.75 bits per heavy atom. The number of hydrogen-bond donors (Lipinski definition) is 2. The minimum absolute atomic E-state index is 0.351. The molecule has 0 saturated carbocycles. The number of H-pyrrole nitrogens is 1. The van der Waals surface area contributed by atoms with E-state index in [9.17, 15) is 8.78 Å². The Bertz CT molecular complexity index is 508. The van der Waals surface area contributed by atoms with Crippen LogP contribution in [0.2, 0.25) is 0 Å². The van der Waals surface area contributed by atoms with Gasteiger partial charge in [-0.15, -0.1) is 0 Å². The van der Waals surface area contributed by atoms with Crippen LogP contribution in [0.5, 0.6) is 0 Å². The van der Waals surface area contributed by atoms with E-state index in [1.54, 1.807) is 6.07 Å². The first kappa shape index (κ1) is 11.5. The number of nitrogens with one attached hydrogen (secondary N) is 1. The molecule has 2 nitrogen and oxygen atoms in total. The molecule has 1 aromatic carbocycles. The van der Waals surface area contributed by atoms with Crippen LogP contribution in [-0.4, -0.2) is 17.5 Å². The van der Waals surface area contributed by atoms with Gasteiger partial charge in [0.05, 0.1) is 13.0 Å². The lowest BCUT2D eigenvalue weighted by atomic mass is 10.2. The normalized spacial score (nSPS) is 12.2. The number of aromatic nitrogens is 1. The number of aromatic amines is 1. The fraction of sp³-hybridized carbons (Fsp3) is 0.273. The second kappa shape index (κ2) is 4.14. The van der Waals surface area contributed by atoms with Gasteiger partial charge in [0.25, 0.3) is 5.92 Å². The summed E-state index contributed by atoms with van der Waals surface area (Å²) in [5.74, 6) is -2.85. The molecule has 0 aliphatic heterocycles. The number of hydrogen-bond acceptors (Lipinski definition) is 1. The van der Waals surface area contributed by atoms with Gasteiger partial charge in [0, 0.05) is 21.1 Å². The number of rotatable bonds is 3. The molecule has 5 heteroatoms. The van der Waals surface area contributed by atoms with E-state index in [4.69, 9.17) is 5.73 Å². The molecule has 0 aliphatic rings. The first-order valence-electron chi connectivity index (χ1n) is 4.85. The van der Waals surface area contributed by atoms with Gasteiger partial charge in [-0.3, -0.25) is 0 Å². The third-order valence-electron chi connectivity index (χ3n) is 2.39. The third-order valence-corrected chi connectivity index (χ3v) is 2.88. The van der Waals surface area contributed by atoms with Crippen LogP contribution in [0.25, 0.3) is 10.9 Å². The van der Waals surface area contributed by atoms with Crippen molar-refractivity contribution in [2.75, 3.05) is 6.54 Å². The summed E-state index contributed by atoms with van der Waals surface area (Å²) in [6.45, 7) is -0.633. The van der Waals surface area contributed by atoms with Crippen LogP contribution in [0.3, 0.4) is 0 Å². The number of fused-ring (bicyclic) bond motifs is 1. The van der Waals surface area contributed by atoms with Gasteiger partial charge in [0.15, 0.2) is 0 Å². The minimum atomic E-state index is -2.85. The molecule has 2 rings (SSSR count). The first-order valence-corrected chi connectivity index (χ1v) is 5.64. The zero-order valence-electron chi connectivity index (χ0n) is 8.43. The minimum Gasteiger partial charge on any atom is -0.358 e. The van der Waals surface area contributed by atoms with Gasteiger partial charge in [-0.25, -0.2) is 8.78 Å². The predicted molar refractivity (Wildman–Crippen MR) is 63.7 cm³/mol. The van der Waals surface area contributed by atoms with Gasteiger partial charge in [-0.2, -0.15) is 0 Å². The Kier molecular flexibility index (Phi) is 2.99. The molecule has 0 aliphatic carbocycles. The average molecular weight is 289 g/mol. The second-order valence-electron chi connectivity index (χ2n) is 3.76. The van der Waals surface area contributed by atoms with Crippen molar-refractivity contribution in [1.29, 1.82) is 0 Å². The molecule has 86 valence electrons. The Labute approximate surface area is 100.0 Å². The molecule has 0 bridgehead atoms. The predicted octanol–water partition coefficient (Wildman–Crippen LogP) is 3.07. The van der Waals surface area contributed by atoms with Crippen LogP contribution >= 0.6 is 15.9 Å². The molecule has 16 heavy (non-hydrogen) atoms. The smallest absolute Gasteiger partial charge is 0.265 e. The zero-order valence-corrected chi connectivity index (χ0v) is 10.0. The summed E-state index contributed by atoms with van der Waals surface area (Å²) in [5.41, 5.74) is 6.36. The number of alkyl halides is 2. The van der Waals surface area contributed by atoms with E-state index in [0.717, 1.165) is 15.4 Å². The Morgan fingerprint density at radius 2 is 2.06 bits per heavy atom. The highest BCUT2D eigenvalue weighted by Crippen LogP contribution is 2.24. The van der Waals surface area contributed by atoms with Gasteiger partial charge in [0.1, 0.15) is 0 Å². The first-order chi connectivity index (χ1) is 7.50. The summed E-state index contributed by atoms with van der Waals surface area (Å²) in [5, 5.41) is 0.914. The molecule has 2 aromatic rings. The van der Waals surface area contributed by atoms with Gasteiger partial charge < -0.3 is 10.7 Å². The summed E-state index contributed by atoms with van der Waals surface area (Å²) < 4.78 is 27.1. The lowest BCUT2D eigenvalue weighted by Crippen LogP contribution is -2.30. The second-order valence-corrected chi connectivity index (χ2v) is 4.68. The Balaban J connectivity index is 2.33. The molecule has 3 N–H and O–H groups in total. The molecule has 0 spiro atoms. The summed E-state index contributed by atoms with van der Waals surface area (Å²) in [7, 11) is 0. The number of halogens is 3. The van der Waals surface area contributed by atoms with Crippen LogP contribution in [0.1, 0.15) is 5.69 Å². The van der Waals surface area contributed by atoms with Crippen molar-refractivity contribution in [3.05, 3.63) is 34.4 Å². The Morgan fingerprint density at radius 1 is 1.31 bits per heavy atom. The molecule has 0 fully saturated rings. The highest BCUT2D eigenvalue weighted by atomic mass is 79.9. The van der Waals surface area contributed by atoms with Crippen molar-refractivity contribution in [1.82, 2.24) is 4.98 Å². The van der Waals surface area contributed by atoms with Crippen LogP contribution in [0.4, 0.5) is 8.78 Å². The van der Waals surface area contributed by atoms with Crippen LogP contribution in [0, 0.1) is 0 Å². The van der Waals surface area contributed by atoms with E-state index < -0.39 is 12.5 Å². The number of nitrogens with two attached hydrogens (primary N) is 1. The highest BCUT2D eigenvalue weighted by molar-refractivity contribution is 9.10. The van der Waals surface area contributed by atoms with Crippen molar-refractivity contribution in [2.45, 2.75) is 12.3 Å². The third kappa shape index (κ3) is 2.41. The Hall–Kier alpha value is -0.940. The zero-order chi connectivity index (χ0) is 11.8. The van der Waals surface area contributed by atoms with Crippen LogP contribution in [-0.2, 0) is 6.42 Å². The standard InChI is InChI=1S/C11H11BrF2N2/c12-8-1-2-10-7(3-8)4-9(16-10)5-11(13,14)6-15/h1-4,16H,5-6,15H2. The lowest BCUT2D eigenvalue weighted by Gasteiger charge is -2.11. The van der Waals surface area contributed by atoms with Gasteiger partial charge in [0.2, 0.25) is 0 Å². The maximum atomic E-state index is 13.1. The quantitative estimate of drug-likeness (QED) is 0.896. The van der Waals surface area contributed by atoms with Gasteiger partial charge in [-0.1, -0.05) is 15.9 Å². The van der Waals surface area contributed by atoms with E-state index in [2.05, 4.69) is 20.9 Å². The molecular weight excluding hydrogens is 278 g/mol. The van der Waals surface area contributed by atoms with E-state index >= 15 is 0 Å². The maximum absolute atomic E-state index is 13.1. The van der Waals surface area contributed by atoms with E-state index in [1.165, 1.54) is 0 Å². The number of benzene rings is 1. The highest BCUT2D eigenvalue weighted by Gasteiger charge is 2.27. The van der Waals surface area contributed by atoms with Crippen molar-refractivity contribution in [2.24, 2.45) is 5.73 Å². The monoisotopic (exact) mass is 288 g/mol. The molecule has 0 atom stereocenters. The van der Waals surface area contributed by atoms with E-state index in [-0.39, 0.29) is 6.42 Å². The lowest BCUT2D eigenvalue weighted by molar-refractivity contribution is 0.0107. The van der Waals surface area contributed by atoms with Gasteiger partial charge >= 0.3 is 0 Å². The molecular formula is C11H11BrF2N2. The maximum Gasteiger partial charge on any atom is 0.265 e. The molecule has 1 aromatic heterocycles. The SMILES string of the molecule is NCC(F)(F)Cc1cc2cc(Br)ccc2[nH]1. The van der Waals surface area contributed by atoms with Crippen molar-refractivity contribution < 1.29 is 8.78 Å². The topological polar surface area (TPSA) is 41.8 Å². The molecule has 0 saturated heterocycles. The largest absolute Gasteiger partial charge is 0.358 e. The molecule has 1 heterocycles. The molecule has 0 radical (unpaired) electrons. The van der Waals surface area contributed by atoms with Crippen molar-refractivity contribution >= 4 is 26.8 Å². The summed E-state index contributed by atoms with van der Waals surface area (Å²) in [6.07, 6.45) is -0.351. The average Bonchev–Trinajstić information content (AvgIpc) is 2.58. The summed E-state index contributed by atoms with van der Waals surface area (Å²) in [4.78, 5) is 2.96. The van der Waals surface area contributed by atoms with E-state index in [1.807, 2.05) is 18.2 Å². The van der Waals surface area contributed by atoms with Crippen molar-refractivity contribution in [3.63, 3.8) is 0 Å². The van der Waals surface area contributed by atoms with Crippen LogP contribution < -0.4 is 5.73 Å². The summed E-state index contributed by atoms with van der Waals surface area (Å²) >= 11 is 3.33. The van der Waals surface area contributed by atoms with Crippen LogP contribution in [0.15, 0.2) is 28.7 Å². The van der Waals surface area contributed by atoms with E-state index in [0.29, 0.717) is 5.69 Å². The fourth-order valence-corrected chi connectivity index (χ4v) is 1.99. The fourth-order valence-electron chi connectivity index (χ4n) is 1.61. The van der Waals surface area contributed by atoms with Crippen molar-refractivity contribution in [3.8, 4) is 0 Å². The molecule has 0 amide bonds. The van der Waals surface area contributed by atoms with Gasteiger partial charge in [-0.05, 0) is 24.3 Å². The summed E-state index contributed by atoms with van der Waals surface area (Å²) in [6, 6.07) is 7.33.